The van der Waals surface area contributed by atoms with Crippen LogP contribution in [0.25, 0.3) is 0 Å². The maximum Gasteiger partial charge on any atom is 0.257 e. The van der Waals surface area contributed by atoms with Crippen LogP contribution in [0.5, 0.6) is 5.88 Å². The number of anilines is 2. The largest absolute Gasteiger partial charge is 0.476 e. The van der Waals surface area contributed by atoms with E-state index in [0.717, 1.165) is 12.1 Å². The number of hydrogen-bond donors (Lipinski definition) is 2. The molecule has 2 aromatic rings. The average Bonchev–Trinajstić information content (AvgIpc) is 2.59. The Hall–Kier alpha value is -3.07. The van der Waals surface area contributed by atoms with E-state index >= 15 is 0 Å². The van der Waals surface area contributed by atoms with E-state index in [-0.39, 0.29) is 16.9 Å². The molecule has 2 rings (SSSR count). The summed E-state index contributed by atoms with van der Waals surface area (Å²) in [6, 6.07) is 4.62. The van der Waals surface area contributed by atoms with Gasteiger partial charge in [0.05, 0.1) is 16.9 Å². The molecule has 0 bridgehead atoms. The minimum atomic E-state index is -1.15. The first-order valence-corrected chi connectivity index (χ1v) is 8.08. The lowest BCUT2D eigenvalue weighted by Gasteiger charge is -2.13. The number of carbonyl (C=O) groups is 2. The standard InChI is InChI=1S/C18H20F2N4O3/c1-11(25)22-15-8-13(19)14(20)9-16(15)23-18(26)12-4-5-17(21-10-12)27-7-6-24(2)3/h4-5,8-10H,6-7H2,1-3H3,(H,22,25)(H,23,26). The summed E-state index contributed by atoms with van der Waals surface area (Å²) in [6.07, 6.45) is 1.30. The molecule has 0 unspecified atom stereocenters. The number of nitrogens with one attached hydrogen (secondary N) is 2. The van der Waals surface area contributed by atoms with E-state index in [1.807, 2.05) is 19.0 Å². The van der Waals surface area contributed by atoms with Gasteiger partial charge in [0.15, 0.2) is 11.6 Å². The summed E-state index contributed by atoms with van der Waals surface area (Å²) in [5.74, 6) is -3.02. The van der Waals surface area contributed by atoms with Crippen LogP contribution in [0.3, 0.4) is 0 Å². The van der Waals surface area contributed by atoms with Crippen LogP contribution in [0.15, 0.2) is 30.5 Å². The zero-order chi connectivity index (χ0) is 20.0. The number of amides is 2. The molecule has 0 radical (unpaired) electrons. The third-order valence-electron chi connectivity index (χ3n) is 3.41. The summed E-state index contributed by atoms with van der Waals surface area (Å²) < 4.78 is 32.3. The van der Waals surface area contributed by atoms with Crippen molar-refractivity contribution in [1.29, 1.82) is 0 Å². The Kier molecular flexibility index (Phi) is 6.78. The van der Waals surface area contributed by atoms with Crippen molar-refractivity contribution in [2.45, 2.75) is 6.92 Å². The third kappa shape index (κ3) is 6.00. The summed E-state index contributed by atoms with van der Waals surface area (Å²) in [7, 11) is 3.83. The highest BCUT2D eigenvalue weighted by Gasteiger charge is 2.15. The number of carbonyl (C=O) groups excluding carboxylic acids is 2. The van der Waals surface area contributed by atoms with Crippen molar-refractivity contribution in [3.63, 3.8) is 0 Å². The SMILES string of the molecule is CC(=O)Nc1cc(F)c(F)cc1NC(=O)c1ccc(OCCN(C)C)nc1. The van der Waals surface area contributed by atoms with Crippen molar-refractivity contribution in [1.82, 2.24) is 9.88 Å². The molecule has 0 spiro atoms. The predicted molar refractivity (Wildman–Crippen MR) is 96.9 cm³/mol. The number of likely N-dealkylation sites (N-methyl/N-ethyl adjacent to an activating group) is 1. The zero-order valence-corrected chi connectivity index (χ0v) is 15.2. The van der Waals surface area contributed by atoms with Crippen LogP contribution in [-0.2, 0) is 4.79 Å². The van der Waals surface area contributed by atoms with Gasteiger partial charge < -0.3 is 20.3 Å². The van der Waals surface area contributed by atoms with Crippen LogP contribution in [-0.4, -0.2) is 48.9 Å². The Bertz CT molecular complexity index is 826. The summed E-state index contributed by atoms with van der Waals surface area (Å²) >= 11 is 0. The van der Waals surface area contributed by atoms with Gasteiger partial charge in [-0.2, -0.15) is 0 Å². The number of aromatic nitrogens is 1. The molecule has 1 aromatic carbocycles. The van der Waals surface area contributed by atoms with Gasteiger partial charge in [-0.05, 0) is 20.2 Å². The maximum atomic E-state index is 13.5. The highest BCUT2D eigenvalue weighted by Crippen LogP contribution is 2.26. The van der Waals surface area contributed by atoms with Crippen molar-refractivity contribution < 1.29 is 23.1 Å². The lowest BCUT2D eigenvalue weighted by atomic mass is 10.2. The average molecular weight is 378 g/mol. The van der Waals surface area contributed by atoms with E-state index in [0.29, 0.717) is 19.0 Å². The number of pyridine rings is 1. The normalized spacial score (nSPS) is 10.6. The van der Waals surface area contributed by atoms with E-state index in [2.05, 4.69) is 15.6 Å². The molecule has 1 aromatic heterocycles. The Morgan fingerprint density at radius 3 is 2.26 bits per heavy atom. The van der Waals surface area contributed by atoms with E-state index in [4.69, 9.17) is 4.74 Å². The summed E-state index contributed by atoms with van der Waals surface area (Å²) in [5, 5.41) is 4.77. The summed E-state index contributed by atoms with van der Waals surface area (Å²) in [5.41, 5.74) is 0.0697. The van der Waals surface area contributed by atoms with Gasteiger partial charge in [-0.1, -0.05) is 0 Å². The Morgan fingerprint density at radius 2 is 1.74 bits per heavy atom. The predicted octanol–water partition coefficient (Wildman–Crippen LogP) is 2.51. The number of halogens is 2. The highest BCUT2D eigenvalue weighted by atomic mass is 19.2. The quantitative estimate of drug-likeness (QED) is 0.774. The molecule has 0 fully saturated rings. The van der Waals surface area contributed by atoms with Crippen molar-refractivity contribution in [2.24, 2.45) is 0 Å². The fraction of sp³-hybridized carbons (Fsp3) is 0.278. The van der Waals surface area contributed by atoms with Gasteiger partial charge in [0.1, 0.15) is 6.61 Å². The molecule has 2 N–H and O–H groups in total. The number of nitrogens with zero attached hydrogens (tertiary/aromatic N) is 2. The maximum absolute atomic E-state index is 13.5. The van der Waals surface area contributed by atoms with Gasteiger partial charge in [-0.25, -0.2) is 13.8 Å². The molecule has 0 saturated heterocycles. The van der Waals surface area contributed by atoms with Gasteiger partial charge in [-0.3, -0.25) is 9.59 Å². The topological polar surface area (TPSA) is 83.6 Å². The summed E-state index contributed by atoms with van der Waals surface area (Å²) in [6.45, 7) is 2.37. The number of benzene rings is 1. The van der Waals surface area contributed by atoms with E-state index in [9.17, 15) is 18.4 Å². The number of ether oxygens (including phenoxy) is 1. The molecule has 0 aliphatic carbocycles. The van der Waals surface area contributed by atoms with Gasteiger partial charge in [-0.15, -0.1) is 0 Å². The van der Waals surface area contributed by atoms with Gasteiger partial charge in [0.2, 0.25) is 11.8 Å². The van der Waals surface area contributed by atoms with Crippen LogP contribution >= 0.6 is 0 Å². The van der Waals surface area contributed by atoms with Crippen LogP contribution in [0.1, 0.15) is 17.3 Å². The molecule has 9 heteroatoms. The van der Waals surface area contributed by atoms with Gasteiger partial charge in [0.25, 0.3) is 5.91 Å². The fourth-order valence-electron chi connectivity index (χ4n) is 2.07. The van der Waals surface area contributed by atoms with Crippen molar-refractivity contribution in [3.8, 4) is 5.88 Å². The Balaban J connectivity index is 2.10. The molecule has 0 aliphatic heterocycles. The first-order chi connectivity index (χ1) is 12.8. The van der Waals surface area contributed by atoms with Crippen molar-refractivity contribution in [2.75, 3.05) is 37.9 Å². The van der Waals surface area contributed by atoms with E-state index in [1.165, 1.54) is 25.3 Å². The smallest absolute Gasteiger partial charge is 0.257 e. The Morgan fingerprint density at radius 1 is 1.11 bits per heavy atom. The minimum absolute atomic E-state index is 0.0497. The molecule has 0 saturated carbocycles. The molecule has 0 atom stereocenters. The molecule has 27 heavy (non-hydrogen) atoms. The van der Waals surface area contributed by atoms with Gasteiger partial charge >= 0.3 is 0 Å². The van der Waals surface area contributed by atoms with E-state index in [1.54, 1.807) is 0 Å². The fourth-order valence-corrected chi connectivity index (χ4v) is 2.07. The molecule has 144 valence electrons. The van der Waals surface area contributed by atoms with Crippen molar-refractivity contribution in [3.05, 3.63) is 47.7 Å². The van der Waals surface area contributed by atoms with Crippen LogP contribution in [0.4, 0.5) is 20.2 Å². The van der Waals surface area contributed by atoms with E-state index < -0.39 is 23.4 Å². The van der Waals surface area contributed by atoms with Crippen LogP contribution in [0, 0.1) is 11.6 Å². The molecule has 0 aliphatic rings. The third-order valence-corrected chi connectivity index (χ3v) is 3.41. The molecule has 7 nitrogen and oxygen atoms in total. The van der Waals surface area contributed by atoms with Gasteiger partial charge in [0, 0.05) is 37.9 Å². The molecule has 1 heterocycles. The minimum Gasteiger partial charge on any atom is -0.476 e. The summed E-state index contributed by atoms with van der Waals surface area (Å²) in [4.78, 5) is 29.5. The second kappa shape index (κ2) is 9.04. The molecule has 2 amide bonds. The van der Waals surface area contributed by atoms with Crippen LogP contribution in [0.2, 0.25) is 0 Å². The second-order valence-corrected chi connectivity index (χ2v) is 5.98. The monoisotopic (exact) mass is 378 g/mol. The van der Waals surface area contributed by atoms with Crippen molar-refractivity contribution >= 4 is 23.2 Å². The number of hydrogen-bond acceptors (Lipinski definition) is 5. The lowest BCUT2D eigenvalue weighted by molar-refractivity contribution is -0.114. The second-order valence-electron chi connectivity index (χ2n) is 5.98. The number of rotatable bonds is 7. The first-order valence-electron chi connectivity index (χ1n) is 8.08. The first kappa shape index (κ1) is 20.2. The zero-order valence-electron chi connectivity index (χ0n) is 15.2. The molecular weight excluding hydrogens is 358 g/mol. The lowest BCUT2D eigenvalue weighted by Crippen LogP contribution is -2.20. The highest BCUT2D eigenvalue weighted by molar-refractivity contribution is 6.07. The van der Waals surface area contributed by atoms with Crippen LogP contribution < -0.4 is 15.4 Å². The Labute approximate surface area is 155 Å². The molecular formula is C18H20F2N4O3.